The molecule has 0 aliphatic carbocycles. The lowest BCUT2D eigenvalue weighted by molar-refractivity contribution is -0.128. The Morgan fingerprint density at radius 3 is 2.00 bits per heavy atom. The molecule has 0 aliphatic heterocycles. The summed E-state index contributed by atoms with van der Waals surface area (Å²) in [5.74, 6) is 0.0666. The van der Waals surface area contributed by atoms with Gasteiger partial charge in [0, 0.05) is 18.3 Å². The lowest BCUT2D eigenvalue weighted by atomic mass is 9.88. The first kappa shape index (κ1) is 11.3. The molecule has 0 rings (SSSR count). The quantitative estimate of drug-likeness (QED) is 0.684. The molecule has 0 fully saturated rings. The summed E-state index contributed by atoms with van der Waals surface area (Å²) in [5.41, 5.74) is 4.77. The van der Waals surface area contributed by atoms with Crippen molar-refractivity contribution < 1.29 is 9.59 Å². The molecule has 0 bridgehead atoms. The highest BCUT2D eigenvalue weighted by molar-refractivity contribution is 5.89. The maximum Gasteiger partial charge on any atom is 0.146 e. The van der Waals surface area contributed by atoms with Crippen molar-refractivity contribution in [1.29, 1.82) is 0 Å². The van der Waals surface area contributed by atoms with Gasteiger partial charge in [-0.05, 0) is 0 Å². The van der Waals surface area contributed by atoms with Gasteiger partial charge in [0.2, 0.25) is 0 Å². The van der Waals surface area contributed by atoms with E-state index in [4.69, 9.17) is 5.73 Å². The minimum atomic E-state index is -0.338. The first-order chi connectivity index (χ1) is 5.38. The van der Waals surface area contributed by atoms with Crippen LogP contribution in [0, 0.1) is 5.41 Å². The minimum absolute atomic E-state index is 0.0391. The van der Waals surface area contributed by atoms with Gasteiger partial charge in [-0.1, -0.05) is 20.8 Å². The summed E-state index contributed by atoms with van der Waals surface area (Å²) in [4.78, 5) is 22.1. The zero-order valence-electron chi connectivity index (χ0n) is 8.02. The van der Waals surface area contributed by atoms with Gasteiger partial charge >= 0.3 is 0 Å². The summed E-state index contributed by atoms with van der Waals surface area (Å²) in [6, 6.07) is 0. The van der Waals surface area contributed by atoms with Crippen molar-refractivity contribution in [3.8, 4) is 0 Å². The van der Waals surface area contributed by atoms with E-state index in [0.29, 0.717) is 6.42 Å². The Morgan fingerprint density at radius 1 is 1.17 bits per heavy atom. The topological polar surface area (TPSA) is 60.2 Å². The average molecular weight is 171 g/mol. The Hall–Kier alpha value is -0.700. The minimum Gasteiger partial charge on any atom is -0.324 e. The second-order valence-corrected chi connectivity index (χ2v) is 3.92. The fraction of sp³-hybridized carbons (Fsp3) is 0.778. The summed E-state index contributed by atoms with van der Waals surface area (Å²) in [7, 11) is 0. The number of hydrogen-bond donors (Lipinski definition) is 1. The van der Waals surface area contributed by atoms with Crippen molar-refractivity contribution in [2.45, 2.75) is 33.6 Å². The lowest BCUT2D eigenvalue weighted by Crippen LogP contribution is -2.22. The molecular weight excluding hydrogens is 154 g/mol. The standard InChI is InChI=1S/C9H17NO2/c1-9(2,3)8(12)5-4-7(11)6-10/h4-6,10H2,1-3H3. The van der Waals surface area contributed by atoms with Crippen molar-refractivity contribution in [3.05, 3.63) is 0 Å². The molecule has 0 amide bonds. The summed E-state index contributed by atoms with van der Waals surface area (Å²) >= 11 is 0. The Labute approximate surface area is 73.3 Å². The molecule has 2 N–H and O–H groups in total. The molecule has 0 unspecified atom stereocenters. The summed E-state index contributed by atoms with van der Waals surface area (Å²) < 4.78 is 0. The number of ketones is 2. The van der Waals surface area contributed by atoms with E-state index < -0.39 is 0 Å². The molecule has 70 valence electrons. The van der Waals surface area contributed by atoms with Crippen molar-refractivity contribution >= 4 is 11.6 Å². The van der Waals surface area contributed by atoms with Crippen LogP contribution in [0.15, 0.2) is 0 Å². The predicted molar refractivity (Wildman–Crippen MR) is 47.8 cm³/mol. The predicted octanol–water partition coefficient (Wildman–Crippen LogP) is 0.910. The van der Waals surface area contributed by atoms with E-state index in [2.05, 4.69) is 0 Å². The third kappa shape index (κ3) is 4.23. The van der Waals surface area contributed by atoms with E-state index in [1.807, 2.05) is 20.8 Å². The monoisotopic (exact) mass is 171 g/mol. The van der Waals surface area contributed by atoms with Crippen molar-refractivity contribution in [1.82, 2.24) is 0 Å². The van der Waals surface area contributed by atoms with Crippen molar-refractivity contribution in [3.63, 3.8) is 0 Å². The second kappa shape index (κ2) is 4.36. The van der Waals surface area contributed by atoms with E-state index in [1.54, 1.807) is 0 Å². The molecule has 0 aromatic carbocycles. The molecule has 0 radical (unpaired) electrons. The zero-order valence-corrected chi connectivity index (χ0v) is 8.02. The van der Waals surface area contributed by atoms with Gasteiger partial charge in [0.25, 0.3) is 0 Å². The van der Waals surface area contributed by atoms with E-state index in [9.17, 15) is 9.59 Å². The zero-order chi connectivity index (χ0) is 9.78. The van der Waals surface area contributed by atoms with Crippen LogP contribution in [0.2, 0.25) is 0 Å². The number of Topliss-reactive ketones (excluding diaryl/α,β-unsaturated/α-hetero) is 2. The lowest BCUT2D eigenvalue weighted by Gasteiger charge is -2.15. The van der Waals surface area contributed by atoms with E-state index in [1.165, 1.54) is 0 Å². The van der Waals surface area contributed by atoms with E-state index in [0.717, 1.165) is 0 Å². The van der Waals surface area contributed by atoms with Gasteiger partial charge in [-0.2, -0.15) is 0 Å². The Morgan fingerprint density at radius 2 is 1.67 bits per heavy atom. The van der Waals surface area contributed by atoms with Gasteiger partial charge in [0.15, 0.2) is 0 Å². The largest absolute Gasteiger partial charge is 0.324 e. The summed E-state index contributed by atoms with van der Waals surface area (Å²) in [6.07, 6.45) is 0.603. The van der Waals surface area contributed by atoms with Gasteiger partial charge in [-0.3, -0.25) is 9.59 Å². The van der Waals surface area contributed by atoms with Crippen molar-refractivity contribution in [2.75, 3.05) is 6.54 Å². The number of nitrogens with two attached hydrogens (primary N) is 1. The molecule has 0 spiro atoms. The molecule has 12 heavy (non-hydrogen) atoms. The first-order valence-corrected chi connectivity index (χ1v) is 4.13. The molecule has 3 heteroatoms. The summed E-state index contributed by atoms with van der Waals surface area (Å²) in [6.45, 7) is 5.59. The van der Waals surface area contributed by atoms with Gasteiger partial charge in [-0.25, -0.2) is 0 Å². The molecule has 0 saturated heterocycles. The summed E-state index contributed by atoms with van der Waals surface area (Å²) in [5, 5.41) is 0. The Kier molecular flexibility index (Phi) is 4.10. The average Bonchev–Trinajstić information content (AvgIpc) is 1.97. The highest BCUT2D eigenvalue weighted by atomic mass is 16.1. The van der Waals surface area contributed by atoms with Crippen LogP contribution < -0.4 is 5.73 Å². The molecule has 0 saturated carbocycles. The molecule has 0 aromatic heterocycles. The van der Waals surface area contributed by atoms with Crippen LogP contribution in [-0.2, 0) is 9.59 Å². The maximum atomic E-state index is 11.3. The van der Waals surface area contributed by atoms with Crippen LogP contribution in [0.5, 0.6) is 0 Å². The van der Waals surface area contributed by atoms with Crippen LogP contribution in [-0.4, -0.2) is 18.1 Å². The van der Waals surface area contributed by atoms with Gasteiger partial charge < -0.3 is 5.73 Å². The van der Waals surface area contributed by atoms with Gasteiger partial charge in [-0.15, -0.1) is 0 Å². The highest BCUT2D eigenvalue weighted by Crippen LogP contribution is 2.17. The second-order valence-electron chi connectivity index (χ2n) is 3.92. The number of rotatable bonds is 4. The normalized spacial score (nSPS) is 11.3. The van der Waals surface area contributed by atoms with Crippen LogP contribution in [0.4, 0.5) is 0 Å². The molecular formula is C9H17NO2. The SMILES string of the molecule is CC(C)(C)C(=O)CCC(=O)CN. The van der Waals surface area contributed by atoms with E-state index in [-0.39, 0.29) is 29.9 Å². The van der Waals surface area contributed by atoms with Crippen LogP contribution >= 0.6 is 0 Å². The number of carbonyl (C=O) groups excluding carboxylic acids is 2. The number of hydrogen-bond acceptors (Lipinski definition) is 3. The molecule has 0 aliphatic rings. The van der Waals surface area contributed by atoms with Gasteiger partial charge in [0.1, 0.15) is 11.6 Å². The first-order valence-electron chi connectivity index (χ1n) is 4.13. The molecule has 0 atom stereocenters. The highest BCUT2D eigenvalue weighted by Gasteiger charge is 2.20. The Bertz CT molecular complexity index is 179. The molecule has 0 aromatic rings. The third-order valence-corrected chi connectivity index (χ3v) is 1.70. The van der Waals surface area contributed by atoms with Crippen LogP contribution in [0.3, 0.4) is 0 Å². The smallest absolute Gasteiger partial charge is 0.146 e. The maximum absolute atomic E-state index is 11.3. The van der Waals surface area contributed by atoms with E-state index >= 15 is 0 Å². The van der Waals surface area contributed by atoms with Gasteiger partial charge in [0.05, 0.1) is 6.54 Å². The van der Waals surface area contributed by atoms with Crippen molar-refractivity contribution in [2.24, 2.45) is 11.1 Å². The molecule has 3 nitrogen and oxygen atoms in total. The van der Waals surface area contributed by atoms with Crippen LogP contribution in [0.1, 0.15) is 33.6 Å². The fourth-order valence-electron chi connectivity index (χ4n) is 0.730. The van der Waals surface area contributed by atoms with Crippen LogP contribution in [0.25, 0.3) is 0 Å². The molecule has 0 heterocycles. The number of carbonyl (C=O) groups is 2. The third-order valence-electron chi connectivity index (χ3n) is 1.70. The Balaban J connectivity index is 3.81. The fourth-order valence-corrected chi connectivity index (χ4v) is 0.730.